The van der Waals surface area contributed by atoms with Gasteiger partial charge in [-0.25, -0.2) is 4.98 Å². The van der Waals surface area contributed by atoms with Crippen LogP contribution >= 0.6 is 0 Å². The highest BCUT2D eigenvalue weighted by atomic mass is 16.5. The van der Waals surface area contributed by atoms with Gasteiger partial charge in [-0.3, -0.25) is 0 Å². The second-order valence-electron chi connectivity index (χ2n) is 3.49. The Morgan fingerprint density at radius 3 is 2.78 bits per heavy atom. The van der Waals surface area contributed by atoms with Gasteiger partial charge in [0.15, 0.2) is 5.75 Å². The summed E-state index contributed by atoms with van der Waals surface area (Å²) in [7, 11) is 1.57. The summed E-state index contributed by atoms with van der Waals surface area (Å²) >= 11 is 0. The van der Waals surface area contributed by atoms with E-state index in [4.69, 9.17) is 20.5 Å². The first-order chi connectivity index (χ1) is 8.72. The Morgan fingerprint density at radius 1 is 1.22 bits per heavy atom. The van der Waals surface area contributed by atoms with Crippen molar-refractivity contribution in [2.45, 2.75) is 0 Å². The molecule has 0 bridgehead atoms. The van der Waals surface area contributed by atoms with Crippen LogP contribution in [-0.4, -0.2) is 12.1 Å². The second-order valence-corrected chi connectivity index (χ2v) is 3.49. The molecule has 5 nitrogen and oxygen atoms in total. The zero-order chi connectivity index (χ0) is 13.0. The number of aromatic nitrogens is 1. The van der Waals surface area contributed by atoms with Crippen LogP contribution in [0, 0.1) is 11.3 Å². The monoisotopic (exact) mass is 241 g/mol. The lowest BCUT2D eigenvalue weighted by atomic mass is 10.3. The molecule has 0 aliphatic carbocycles. The Bertz CT molecular complexity index is 605. The molecule has 90 valence electrons. The molecule has 1 heterocycles. The molecule has 0 spiro atoms. The van der Waals surface area contributed by atoms with Crippen LogP contribution in [0.3, 0.4) is 0 Å². The zero-order valence-electron chi connectivity index (χ0n) is 9.75. The number of nitriles is 1. The lowest BCUT2D eigenvalue weighted by Gasteiger charge is -2.09. The quantitative estimate of drug-likeness (QED) is 0.834. The smallest absolute Gasteiger partial charge is 0.153 e. The lowest BCUT2D eigenvalue weighted by molar-refractivity contribution is 0.409. The fourth-order valence-corrected chi connectivity index (χ4v) is 1.39. The maximum atomic E-state index is 8.75. The molecule has 1 aromatic carbocycles. The third kappa shape index (κ3) is 2.50. The fourth-order valence-electron chi connectivity index (χ4n) is 1.39. The van der Waals surface area contributed by atoms with Crippen molar-refractivity contribution < 1.29 is 9.47 Å². The average molecular weight is 241 g/mol. The van der Waals surface area contributed by atoms with Crippen molar-refractivity contribution in [3.8, 4) is 23.3 Å². The van der Waals surface area contributed by atoms with Gasteiger partial charge >= 0.3 is 0 Å². The molecule has 0 unspecified atom stereocenters. The molecule has 0 fully saturated rings. The van der Waals surface area contributed by atoms with E-state index >= 15 is 0 Å². The molecule has 2 rings (SSSR count). The number of methoxy groups -OCH3 is 1. The summed E-state index contributed by atoms with van der Waals surface area (Å²) in [5.41, 5.74) is 6.58. The van der Waals surface area contributed by atoms with Crippen molar-refractivity contribution in [2.24, 2.45) is 0 Å². The van der Waals surface area contributed by atoms with E-state index in [1.165, 1.54) is 6.20 Å². The molecule has 0 atom stereocenters. The number of pyridine rings is 1. The number of nitrogens with zero attached hydrogens (tertiary/aromatic N) is 2. The first-order valence-electron chi connectivity index (χ1n) is 5.20. The summed E-state index contributed by atoms with van der Waals surface area (Å²) in [6, 6.07) is 10.3. The van der Waals surface area contributed by atoms with E-state index in [1.54, 1.807) is 37.4 Å². The highest BCUT2D eigenvalue weighted by Gasteiger charge is 2.05. The topological polar surface area (TPSA) is 81.2 Å². The molecule has 0 aliphatic heterocycles. The number of ether oxygens (including phenoxy) is 2. The SMILES string of the molecule is COc1ccc(N)c(Oc2ccnc(C#N)c2)c1. The van der Waals surface area contributed by atoms with Crippen molar-refractivity contribution >= 4 is 5.69 Å². The van der Waals surface area contributed by atoms with Crippen LogP contribution in [0.15, 0.2) is 36.5 Å². The Labute approximate surface area is 104 Å². The summed E-state index contributed by atoms with van der Waals surface area (Å²) < 4.78 is 10.7. The fraction of sp³-hybridized carbons (Fsp3) is 0.0769. The normalized spacial score (nSPS) is 9.56. The van der Waals surface area contributed by atoms with E-state index in [1.807, 2.05) is 6.07 Å². The van der Waals surface area contributed by atoms with Gasteiger partial charge in [-0.1, -0.05) is 0 Å². The number of rotatable bonds is 3. The Morgan fingerprint density at radius 2 is 2.06 bits per heavy atom. The Balaban J connectivity index is 2.30. The van der Waals surface area contributed by atoms with E-state index in [2.05, 4.69) is 4.98 Å². The highest BCUT2D eigenvalue weighted by Crippen LogP contribution is 2.31. The molecule has 18 heavy (non-hydrogen) atoms. The zero-order valence-corrected chi connectivity index (χ0v) is 9.75. The minimum absolute atomic E-state index is 0.286. The molecule has 0 saturated heterocycles. The van der Waals surface area contributed by atoms with Gasteiger partial charge in [-0.05, 0) is 18.2 Å². The third-order valence-electron chi connectivity index (χ3n) is 2.29. The Kier molecular flexibility index (Phi) is 3.30. The van der Waals surface area contributed by atoms with Gasteiger partial charge < -0.3 is 15.2 Å². The minimum atomic E-state index is 0.286. The van der Waals surface area contributed by atoms with Crippen molar-refractivity contribution in [3.05, 3.63) is 42.2 Å². The minimum Gasteiger partial charge on any atom is -0.497 e. The third-order valence-corrected chi connectivity index (χ3v) is 2.29. The molecule has 0 aliphatic rings. The molecule has 0 saturated carbocycles. The van der Waals surface area contributed by atoms with Gasteiger partial charge in [0.25, 0.3) is 0 Å². The van der Waals surface area contributed by atoms with E-state index in [9.17, 15) is 0 Å². The first kappa shape index (κ1) is 11.7. The van der Waals surface area contributed by atoms with Gasteiger partial charge in [0.2, 0.25) is 0 Å². The molecule has 2 aromatic rings. The average Bonchev–Trinajstić information content (AvgIpc) is 2.41. The van der Waals surface area contributed by atoms with Crippen LogP contribution in [0.1, 0.15) is 5.69 Å². The van der Waals surface area contributed by atoms with Crippen LogP contribution in [0.4, 0.5) is 5.69 Å². The second kappa shape index (κ2) is 5.06. The number of nitrogen functional groups attached to an aromatic ring is 1. The number of nitrogens with two attached hydrogens (primary N) is 1. The maximum absolute atomic E-state index is 8.75. The van der Waals surface area contributed by atoms with E-state index in [0.717, 1.165) is 0 Å². The van der Waals surface area contributed by atoms with Gasteiger partial charge in [-0.15, -0.1) is 0 Å². The lowest BCUT2D eigenvalue weighted by Crippen LogP contribution is -1.94. The van der Waals surface area contributed by atoms with Crippen LogP contribution < -0.4 is 15.2 Å². The standard InChI is InChI=1S/C13H11N3O2/c1-17-10-2-3-12(15)13(7-10)18-11-4-5-16-9(6-11)8-14/h2-7H,15H2,1H3. The summed E-state index contributed by atoms with van der Waals surface area (Å²) in [4.78, 5) is 3.86. The first-order valence-corrected chi connectivity index (χ1v) is 5.20. The van der Waals surface area contributed by atoms with E-state index in [-0.39, 0.29) is 5.69 Å². The molecular weight excluding hydrogens is 230 g/mol. The maximum Gasteiger partial charge on any atom is 0.153 e. The van der Waals surface area contributed by atoms with Crippen LogP contribution in [0.5, 0.6) is 17.2 Å². The van der Waals surface area contributed by atoms with Crippen LogP contribution in [0.25, 0.3) is 0 Å². The molecule has 0 amide bonds. The number of anilines is 1. The van der Waals surface area contributed by atoms with E-state index < -0.39 is 0 Å². The van der Waals surface area contributed by atoms with Crippen molar-refractivity contribution in [2.75, 3.05) is 12.8 Å². The van der Waals surface area contributed by atoms with Gasteiger partial charge in [0.1, 0.15) is 23.3 Å². The predicted octanol–water partition coefficient (Wildman–Crippen LogP) is 2.34. The van der Waals surface area contributed by atoms with Gasteiger partial charge in [-0.2, -0.15) is 5.26 Å². The largest absolute Gasteiger partial charge is 0.497 e. The highest BCUT2D eigenvalue weighted by molar-refractivity contribution is 5.57. The van der Waals surface area contributed by atoms with Crippen molar-refractivity contribution in [3.63, 3.8) is 0 Å². The molecule has 1 aromatic heterocycles. The summed E-state index contributed by atoms with van der Waals surface area (Å²) in [5.74, 6) is 1.62. The van der Waals surface area contributed by atoms with Gasteiger partial charge in [0, 0.05) is 18.3 Å². The molecular formula is C13H11N3O2. The number of hydrogen-bond acceptors (Lipinski definition) is 5. The van der Waals surface area contributed by atoms with Crippen molar-refractivity contribution in [1.29, 1.82) is 5.26 Å². The van der Waals surface area contributed by atoms with Crippen molar-refractivity contribution in [1.82, 2.24) is 4.98 Å². The van der Waals surface area contributed by atoms with Crippen LogP contribution in [-0.2, 0) is 0 Å². The van der Waals surface area contributed by atoms with Crippen LogP contribution in [0.2, 0.25) is 0 Å². The van der Waals surface area contributed by atoms with Gasteiger partial charge in [0.05, 0.1) is 12.8 Å². The van der Waals surface area contributed by atoms with E-state index in [0.29, 0.717) is 22.9 Å². The summed E-state index contributed by atoms with van der Waals surface area (Å²) in [6.07, 6.45) is 1.50. The molecule has 5 heteroatoms. The Hall–Kier alpha value is -2.74. The molecule has 2 N–H and O–H groups in total. The number of hydrogen-bond donors (Lipinski definition) is 1. The molecule has 0 radical (unpaired) electrons. The summed E-state index contributed by atoms with van der Waals surface area (Å²) in [6.45, 7) is 0. The predicted molar refractivity (Wildman–Crippen MR) is 66.4 cm³/mol. The summed E-state index contributed by atoms with van der Waals surface area (Å²) in [5, 5.41) is 8.75. The number of benzene rings is 1.